The molecule has 134 valence electrons. The number of hydrogen-bond donors (Lipinski definition) is 1. The molecule has 1 saturated heterocycles. The highest BCUT2D eigenvalue weighted by Gasteiger charge is 2.25. The number of benzene rings is 1. The average Bonchev–Trinajstić information content (AvgIpc) is 3.27. The molecule has 1 fully saturated rings. The zero-order chi connectivity index (χ0) is 18.1. The minimum atomic E-state index is -0.166. The quantitative estimate of drug-likeness (QED) is 0.781. The van der Waals surface area contributed by atoms with E-state index in [-0.39, 0.29) is 5.91 Å². The van der Waals surface area contributed by atoms with Gasteiger partial charge in [0.25, 0.3) is 5.91 Å². The Hall–Kier alpha value is -2.93. The highest BCUT2D eigenvalue weighted by atomic mass is 16.5. The largest absolute Gasteiger partial charge is 0.497 e. The number of nitrogens with one attached hydrogen (secondary N) is 1. The summed E-state index contributed by atoms with van der Waals surface area (Å²) in [6, 6.07) is 10.9. The topological polar surface area (TPSA) is 71.8 Å². The maximum atomic E-state index is 12.6. The number of anilines is 1. The molecule has 1 aromatic carbocycles. The number of carbonyl (C=O) groups is 1. The predicted molar refractivity (Wildman–Crippen MR) is 98.8 cm³/mol. The second kappa shape index (κ2) is 6.76. The summed E-state index contributed by atoms with van der Waals surface area (Å²) in [6.45, 7) is 2.01. The number of aromatic nitrogens is 3. The summed E-state index contributed by atoms with van der Waals surface area (Å²) in [5.74, 6) is 1.85. The summed E-state index contributed by atoms with van der Waals surface area (Å²) < 4.78 is 7.07. The van der Waals surface area contributed by atoms with E-state index in [0.29, 0.717) is 11.5 Å². The molecule has 0 spiro atoms. The van der Waals surface area contributed by atoms with E-state index < -0.39 is 0 Å². The smallest absolute Gasteiger partial charge is 0.257 e. The van der Waals surface area contributed by atoms with Crippen LogP contribution in [-0.2, 0) is 0 Å². The van der Waals surface area contributed by atoms with E-state index in [9.17, 15) is 4.79 Å². The van der Waals surface area contributed by atoms with Crippen LogP contribution in [0.2, 0.25) is 0 Å². The molecular formula is C19H21N5O2. The van der Waals surface area contributed by atoms with Crippen LogP contribution in [-0.4, -0.2) is 52.7 Å². The van der Waals surface area contributed by atoms with Crippen molar-refractivity contribution < 1.29 is 9.53 Å². The third-order valence-electron chi connectivity index (χ3n) is 4.80. The molecule has 0 aliphatic carbocycles. The van der Waals surface area contributed by atoms with Crippen molar-refractivity contribution in [1.82, 2.24) is 19.5 Å². The lowest BCUT2D eigenvalue weighted by molar-refractivity contribution is 0.102. The monoisotopic (exact) mass is 351 g/mol. The SMILES string of the molecule is COc1ccc(NC(=O)c2ccc3nnc(C4CCN(C)C4)n3c2)cc1. The Bertz CT molecular complexity index is 935. The van der Waals surface area contributed by atoms with E-state index in [0.717, 1.165) is 42.4 Å². The van der Waals surface area contributed by atoms with Crippen molar-refractivity contribution in [2.24, 2.45) is 0 Å². The van der Waals surface area contributed by atoms with E-state index in [4.69, 9.17) is 4.74 Å². The predicted octanol–water partition coefficient (Wildman–Crippen LogP) is 2.41. The fourth-order valence-electron chi connectivity index (χ4n) is 3.34. The number of hydrogen-bond acceptors (Lipinski definition) is 5. The molecule has 1 unspecified atom stereocenters. The third-order valence-corrected chi connectivity index (χ3v) is 4.80. The van der Waals surface area contributed by atoms with Crippen LogP contribution in [0.1, 0.15) is 28.5 Å². The molecule has 7 nitrogen and oxygen atoms in total. The van der Waals surface area contributed by atoms with Crippen LogP contribution in [0.15, 0.2) is 42.6 Å². The fourth-order valence-corrected chi connectivity index (χ4v) is 3.34. The number of likely N-dealkylation sites (tertiary alicyclic amines) is 1. The second-order valence-corrected chi connectivity index (χ2v) is 6.63. The van der Waals surface area contributed by atoms with Gasteiger partial charge in [0, 0.05) is 24.3 Å². The van der Waals surface area contributed by atoms with Crippen LogP contribution < -0.4 is 10.1 Å². The normalized spacial score (nSPS) is 17.5. The van der Waals surface area contributed by atoms with Gasteiger partial charge in [-0.1, -0.05) is 0 Å². The molecule has 0 bridgehead atoms. The molecule has 7 heteroatoms. The van der Waals surface area contributed by atoms with Crippen LogP contribution in [0.5, 0.6) is 5.75 Å². The van der Waals surface area contributed by atoms with Gasteiger partial charge >= 0.3 is 0 Å². The van der Waals surface area contributed by atoms with Gasteiger partial charge in [-0.3, -0.25) is 9.20 Å². The summed E-state index contributed by atoms with van der Waals surface area (Å²) in [5, 5.41) is 11.5. The average molecular weight is 351 g/mol. The van der Waals surface area contributed by atoms with E-state index >= 15 is 0 Å². The van der Waals surface area contributed by atoms with Crippen molar-refractivity contribution in [2.45, 2.75) is 12.3 Å². The number of ether oxygens (including phenoxy) is 1. The van der Waals surface area contributed by atoms with E-state index in [1.807, 2.05) is 40.9 Å². The zero-order valence-corrected chi connectivity index (χ0v) is 14.8. The van der Waals surface area contributed by atoms with Crippen molar-refractivity contribution in [1.29, 1.82) is 0 Å². The number of amides is 1. The van der Waals surface area contributed by atoms with Gasteiger partial charge in [-0.25, -0.2) is 0 Å². The standard InChI is InChI=1S/C19H21N5O2/c1-23-10-9-13(11-23)18-22-21-17-8-3-14(12-24(17)18)19(25)20-15-4-6-16(26-2)7-5-15/h3-8,12-13H,9-11H2,1-2H3,(H,20,25). The molecular weight excluding hydrogens is 330 g/mol. The molecule has 1 aliphatic heterocycles. The first-order chi connectivity index (χ1) is 12.6. The van der Waals surface area contributed by atoms with Gasteiger partial charge in [-0.15, -0.1) is 10.2 Å². The molecule has 3 heterocycles. The maximum absolute atomic E-state index is 12.6. The number of likely N-dealkylation sites (N-methyl/N-ethyl adjacent to an activating group) is 1. The molecule has 4 rings (SSSR count). The van der Waals surface area contributed by atoms with Crippen molar-refractivity contribution >= 4 is 17.2 Å². The molecule has 3 aromatic rings. The molecule has 1 aliphatic rings. The maximum Gasteiger partial charge on any atom is 0.257 e. The molecule has 1 amide bonds. The van der Waals surface area contributed by atoms with E-state index in [1.54, 1.807) is 13.2 Å². The lowest BCUT2D eigenvalue weighted by Crippen LogP contribution is -2.15. The number of rotatable bonds is 4. The lowest BCUT2D eigenvalue weighted by Gasteiger charge is -2.10. The molecule has 2 aromatic heterocycles. The Kier molecular flexibility index (Phi) is 4.30. The van der Waals surface area contributed by atoms with Gasteiger partial charge in [-0.05, 0) is 56.4 Å². The number of fused-ring (bicyclic) bond motifs is 1. The van der Waals surface area contributed by atoms with Crippen molar-refractivity contribution in [3.05, 3.63) is 54.0 Å². The number of nitrogens with zero attached hydrogens (tertiary/aromatic N) is 4. The van der Waals surface area contributed by atoms with Gasteiger partial charge in [-0.2, -0.15) is 0 Å². The Morgan fingerprint density at radius 1 is 1.19 bits per heavy atom. The van der Waals surface area contributed by atoms with Gasteiger partial charge in [0.05, 0.1) is 12.7 Å². The first-order valence-corrected chi connectivity index (χ1v) is 8.62. The van der Waals surface area contributed by atoms with Crippen LogP contribution in [0.4, 0.5) is 5.69 Å². The molecule has 0 radical (unpaired) electrons. The Morgan fingerprint density at radius 2 is 2.00 bits per heavy atom. The summed E-state index contributed by atoms with van der Waals surface area (Å²) in [4.78, 5) is 14.9. The van der Waals surface area contributed by atoms with E-state index in [2.05, 4.69) is 27.5 Å². The van der Waals surface area contributed by atoms with Gasteiger partial charge in [0.15, 0.2) is 5.65 Å². The Balaban J connectivity index is 1.58. The third kappa shape index (κ3) is 3.13. The minimum absolute atomic E-state index is 0.166. The molecule has 0 saturated carbocycles. The summed E-state index contributed by atoms with van der Waals surface area (Å²) in [6.07, 6.45) is 2.88. The van der Waals surface area contributed by atoms with E-state index in [1.165, 1.54) is 0 Å². The van der Waals surface area contributed by atoms with Gasteiger partial charge in [0.2, 0.25) is 0 Å². The Morgan fingerprint density at radius 3 is 2.69 bits per heavy atom. The Labute approximate surface area is 151 Å². The van der Waals surface area contributed by atoms with Crippen LogP contribution in [0.3, 0.4) is 0 Å². The van der Waals surface area contributed by atoms with Crippen molar-refractivity contribution in [2.75, 3.05) is 32.6 Å². The summed E-state index contributed by atoms with van der Waals surface area (Å²) in [5.41, 5.74) is 2.05. The van der Waals surface area contributed by atoms with Crippen molar-refractivity contribution in [3.8, 4) is 5.75 Å². The van der Waals surface area contributed by atoms with Crippen LogP contribution in [0.25, 0.3) is 5.65 Å². The van der Waals surface area contributed by atoms with Gasteiger partial charge < -0.3 is 15.0 Å². The molecule has 26 heavy (non-hydrogen) atoms. The first-order valence-electron chi connectivity index (χ1n) is 8.62. The minimum Gasteiger partial charge on any atom is -0.497 e. The molecule has 1 atom stereocenters. The second-order valence-electron chi connectivity index (χ2n) is 6.63. The fraction of sp³-hybridized carbons (Fsp3) is 0.316. The zero-order valence-electron chi connectivity index (χ0n) is 14.8. The first kappa shape index (κ1) is 16.5. The number of methoxy groups -OCH3 is 1. The summed E-state index contributed by atoms with van der Waals surface area (Å²) in [7, 11) is 3.72. The lowest BCUT2D eigenvalue weighted by atomic mass is 10.1. The van der Waals surface area contributed by atoms with Crippen molar-refractivity contribution in [3.63, 3.8) is 0 Å². The number of pyridine rings is 1. The molecule has 1 N–H and O–H groups in total. The van der Waals surface area contributed by atoms with Gasteiger partial charge in [0.1, 0.15) is 11.6 Å². The number of carbonyl (C=O) groups excluding carboxylic acids is 1. The van der Waals surface area contributed by atoms with Crippen LogP contribution >= 0.6 is 0 Å². The highest BCUT2D eigenvalue weighted by Crippen LogP contribution is 2.25. The van der Waals surface area contributed by atoms with Crippen LogP contribution in [0, 0.1) is 0 Å². The highest BCUT2D eigenvalue weighted by molar-refractivity contribution is 6.04. The summed E-state index contributed by atoms with van der Waals surface area (Å²) >= 11 is 0.